The number of aliphatic carboxylic acids is 1. The van der Waals surface area contributed by atoms with E-state index in [0.717, 1.165) is 5.56 Å². The van der Waals surface area contributed by atoms with Gasteiger partial charge >= 0.3 is 5.97 Å². The maximum Gasteiger partial charge on any atom is 0.303 e. The molecule has 0 aliphatic heterocycles. The molecule has 0 spiro atoms. The van der Waals surface area contributed by atoms with Gasteiger partial charge in [0.2, 0.25) is 5.82 Å². The van der Waals surface area contributed by atoms with E-state index in [1.165, 1.54) is 0 Å². The van der Waals surface area contributed by atoms with Crippen LogP contribution in [0.4, 0.5) is 0 Å². The second-order valence-electron chi connectivity index (χ2n) is 4.73. The van der Waals surface area contributed by atoms with Crippen LogP contribution in [0.1, 0.15) is 23.7 Å². The van der Waals surface area contributed by atoms with Crippen molar-refractivity contribution in [3.05, 3.63) is 29.8 Å². The van der Waals surface area contributed by atoms with E-state index in [9.17, 15) is 9.59 Å². The first-order chi connectivity index (χ1) is 10.1. The van der Waals surface area contributed by atoms with Crippen LogP contribution in [0.25, 0.3) is 11.4 Å². The monoisotopic (exact) mass is 289 g/mol. The molecule has 0 saturated carbocycles. The number of amides is 1. The summed E-state index contributed by atoms with van der Waals surface area (Å²) in [4.78, 5) is 22.5. The number of nitrogens with one attached hydrogen (secondary N) is 2. The lowest BCUT2D eigenvalue weighted by Gasteiger charge is -2.10. The molecule has 0 fully saturated rings. The van der Waals surface area contributed by atoms with E-state index in [0.29, 0.717) is 17.9 Å². The standard InChI is InChI=1S/C13H15N5O3/c1-8(6-11(19)20)7-14-13(21)10-4-2-9(3-5-10)12-15-17-18-16-12/h2-5,8H,6-7H2,1H3,(H,14,21)(H,19,20)(H,15,16,17,18). The molecule has 1 amide bonds. The van der Waals surface area contributed by atoms with Crippen molar-refractivity contribution in [1.82, 2.24) is 25.9 Å². The Hall–Kier alpha value is -2.77. The highest BCUT2D eigenvalue weighted by molar-refractivity contribution is 5.94. The average Bonchev–Trinajstić information content (AvgIpc) is 2.98. The molecule has 21 heavy (non-hydrogen) atoms. The minimum atomic E-state index is -0.874. The second-order valence-corrected chi connectivity index (χ2v) is 4.73. The second kappa shape index (κ2) is 6.60. The van der Waals surface area contributed by atoms with Gasteiger partial charge in [0.05, 0.1) is 0 Å². The molecule has 1 aromatic carbocycles. The molecule has 2 aromatic rings. The predicted molar refractivity (Wildman–Crippen MR) is 73.4 cm³/mol. The van der Waals surface area contributed by atoms with E-state index in [1.54, 1.807) is 31.2 Å². The van der Waals surface area contributed by atoms with Gasteiger partial charge in [-0.25, -0.2) is 0 Å². The van der Waals surface area contributed by atoms with Crippen LogP contribution in [0.3, 0.4) is 0 Å². The van der Waals surface area contributed by atoms with Crippen LogP contribution in [-0.2, 0) is 4.79 Å². The van der Waals surface area contributed by atoms with Crippen LogP contribution in [-0.4, -0.2) is 44.2 Å². The Morgan fingerprint density at radius 3 is 2.62 bits per heavy atom. The first kappa shape index (κ1) is 14.6. The maximum absolute atomic E-state index is 11.9. The summed E-state index contributed by atoms with van der Waals surface area (Å²) in [6.07, 6.45) is 0.0248. The number of hydrogen-bond donors (Lipinski definition) is 3. The number of aromatic nitrogens is 4. The van der Waals surface area contributed by atoms with E-state index in [1.807, 2.05) is 0 Å². The van der Waals surface area contributed by atoms with Gasteiger partial charge in [-0.15, -0.1) is 10.2 Å². The van der Waals surface area contributed by atoms with E-state index < -0.39 is 5.97 Å². The van der Waals surface area contributed by atoms with Crippen molar-refractivity contribution in [2.75, 3.05) is 6.54 Å². The first-order valence-corrected chi connectivity index (χ1v) is 6.40. The van der Waals surface area contributed by atoms with Crippen LogP contribution in [0, 0.1) is 5.92 Å². The predicted octanol–water partition coefficient (Wildman–Crippen LogP) is 0.707. The van der Waals surface area contributed by atoms with Crippen molar-refractivity contribution in [2.45, 2.75) is 13.3 Å². The molecule has 0 radical (unpaired) electrons. The van der Waals surface area contributed by atoms with Crippen LogP contribution in [0.2, 0.25) is 0 Å². The van der Waals surface area contributed by atoms with Gasteiger partial charge in [0.1, 0.15) is 0 Å². The summed E-state index contributed by atoms with van der Waals surface area (Å²) >= 11 is 0. The van der Waals surface area contributed by atoms with E-state index in [4.69, 9.17) is 5.11 Å². The third-order valence-corrected chi connectivity index (χ3v) is 2.88. The Morgan fingerprint density at radius 2 is 2.05 bits per heavy atom. The largest absolute Gasteiger partial charge is 0.481 e. The Kier molecular flexibility index (Phi) is 4.60. The molecule has 1 aromatic heterocycles. The lowest BCUT2D eigenvalue weighted by atomic mass is 10.1. The lowest BCUT2D eigenvalue weighted by Crippen LogP contribution is -2.29. The number of carbonyl (C=O) groups is 2. The van der Waals surface area contributed by atoms with Gasteiger partial charge in [0, 0.05) is 24.1 Å². The van der Waals surface area contributed by atoms with Gasteiger partial charge in [-0.1, -0.05) is 19.1 Å². The van der Waals surface area contributed by atoms with Gasteiger partial charge in [0.25, 0.3) is 5.91 Å². The van der Waals surface area contributed by atoms with Crippen molar-refractivity contribution in [2.24, 2.45) is 5.92 Å². The summed E-state index contributed by atoms with van der Waals surface area (Å²) in [6, 6.07) is 6.76. The van der Waals surface area contributed by atoms with Crippen LogP contribution in [0.15, 0.2) is 24.3 Å². The maximum atomic E-state index is 11.9. The van der Waals surface area contributed by atoms with Gasteiger partial charge in [-0.3, -0.25) is 9.59 Å². The number of carboxylic acid groups (broad SMARTS) is 1. The SMILES string of the molecule is CC(CNC(=O)c1ccc(-c2nn[nH]n2)cc1)CC(=O)O. The molecule has 1 heterocycles. The van der Waals surface area contributed by atoms with Gasteiger partial charge in [-0.2, -0.15) is 5.21 Å². The minimum Gasteiger partial charge on any atom is -0.481 e. The van der Waals surface area contributed by atoms with Gasteiger partial charge in [-0.05, 0) is 23.3 Å². The lowest BCUT2D eigenvalue weighted by molar-refractivity contribution is -0.137. The minimum absolute atomic E-state index is 0.0248. The number of benzene rings is 1. The molecule has 110 valence electrons. The summed E-state index contributed by atoms with van der Waals surface area (Å²) < 4.78 is 0. The number of tetrazole rings is 1. The normalized spacial score (nSPS) is 11.9. The van der Waals surface area contributed by atoms with E-state index >= 15 is 0 Å². The Morgan fingerprint density at radius 1 is 1.33 bits per heavy atom. The smallest absolute Gasteiger partial charge is 0.303 e. The molecule has 0 aliphatic rings. The third kappa shape index (κ3) is 4.10. The van der Waals surface area contributed by atoms with E-state index in [-0.39, 0.29) is 18.2 Å². The van der Waals surface area contributed by atoms with Crippen LogP contribution >= 0.6 is 0 Å². The summed E-state index contributed by atoms with van der Waals surface area (Å²) in [5.74, 6) is -0.782. The number of H-pyrrole nitrogens is 1. The molecule has 1 unspecified atom stereocenters. The average molecular weight is 289 g/mol. The highest BCUT2D eigenvalue weighted by atomic mass is 16.4. The van der Waals surface area contributed by atoms with Crippen molar-refractivity contribution >= 4 is 11.9 Å². The molecule has 1 atom stereocenters. The molecule has 0 aliphatic carbocycles. The Balaban J connectivity index is 1.92. The topological polar surface area (TPSA) is 121 Å². The number of aromatic amines is 1. The van der Waals surface area contributed by atoms with Crippen molar-refractivity contribution in [3.8, 4) is 11.4 Å². The van der Waals surface area contributed by atoms with E-state index in [2.05, 4.69) is 25.9 Å². The molecule has 3 N–H and O–H groups in total. The van der Waals surface area contributed by atoms with Gasteiger partial charge < -0.3 is 10.4 Å². The highest BCUT2D eigenvalue weighted by Crippen LogP contribution is 2.14. The molecule has 0 bridgehead atoms. The van der Waals surface area contributed by atoms with Crippen LogP contribution < -0.4 is 5.32 Å². The van der Waals surface area contributed by atoms with Crippen molar-refractivity contribution < 1.29 is 14.7 Å². The number of rotatable bonds is 6. The molecule has 8 nitrogen and oxygen atoms in total. The summed E-state index contributed by atoms with van der Waals surface area (Å²) in [5.41, 5.74) is 1.24. The van der Waals surface area contributed by atoms with Gasteiger partial charge in [0.15, 0.2) is 0 Å². The molecular formula is C13H15N5O3. The number of carbonyl (C=O) groups excluding carboxylic acids is 1. The van der Waals surface area contributed by atoms with Crippen molar-refractivity contribution in [3.63, 3.8) is 0 Å². The molecular weight excluding hydrogens is 274 g/mol. The Bertz CT molecular complexity index is 609. The fraction of sp³-hybridized carbons (Fsp3) is 0.308. The third-order valence-electron chi connectivity index (χ3n) is 2.88. The molecule has 8 heteroatoms. The summed E-state index contributed by atoms with van der Waals surface area (Å²) in [7, 11) is 0. The zero-order valence-electron chi connectivity index (χ0n) is 11.4. The fourth-order valence-electron chi connectivity index (χ4n) is 1.79. The first-order valence-electron chi connectivity index (χ1n) is 6.40. The molecule has 2 rings (SSSR count). The summed E-state index contributed by atoms with van der Waals surface area (Å²) in [6.45, 7) is 2.09. The fourth-order valence-corrected chi connectivity index (χ4v) is 1.79. The number of nitrogens with zero attached hydrogens (tertiary/aromatic N) is 3. The molecule has 0 saturated heterocycles. The summed E-state index contributed by atoms with van der Waals surface area (Å²) in [5, 5.41) is 24.9. The zero-order valence-corrected chi connectivity index (χ0v) is 11.4. The Labute approximate surface area is 120 Å². The zero-order chi connectivity index (χ0) is 15.2. The van der Waals surface area contributed by atoms with Crippen LogP contribution in [0.5, 0.6) is 0 Å². The van der Waals surface area contributed by atoms with Crippen molar-refractivity contribution in [1.29, 1.82) is 0 Å². The number of hydrogen-bond acceptors (Lipinski definition) is 5. The number of carboxylic acids is 1. The highest BCUT2D eigenvalue weighted by Gasteiger charge is 2.11. The quantitative estimate of drug-likeness (QED) is 0.720.